The van der Waals surface area contributed by atoms with Crippen molar-refractivity contribution < 1.29 is 22.7 Å². The van der Waals surface area contributed by atoms with Crippen LogP contribution in [-0.4, -0.2) is 34.1 Å². The molecule has 1 atom stereocenters. The Bertz CT molecular complexity index is 966. The number of amides is 1. The zero-order valence-corrected chi connectivity index (χ0v) is 17.8. The summed E-state index contributed by atoms with van der Waals surface area (Å²) in [6.45, 7) is 3.60. The topological polar surface area (TPSA) is 93.7 Å². The lowest BCUT2D eigenvalue weighted by atomic mass is 10.2. The molecule has 0 unspecified atom stereocenters. The maximum atomic E-state index is 12.6. The fourth-order valence-corrected chi connectivity index (χ4v) is 4.00. The van der Waals surface area contributed by atoms with Crippen molar-refractivity contribution in [2.24, 2.45) is 0 Å². The second-order valence-corrected chi connectivity index (χ2v) is 8.26. The molecule has 0 heterocycles. The van der Waals surface area contributed by atoms with Crippen molar-refractivity contribution in [1.29, 1.82) is 0 Å². The van der Waals surface area contributed by atoms with Gasteiger partial charge in [0, 0.05) is 5.02 Å². The van der Waals surface area contributed by atoms with Gasteiger partial charge in [0.1, 0.15) is 11.5 Å². The number of hydrogen-bond acceptors (Lipinski definition) is 5. The minimum atomic E-state index is -3.98. The number of sulfonamides is 1. The molecule has 0 aromatic heterocycles. The number of carbonyl (C=O) groups excluding carboxylic acids is 1. The van der Waals surface area contributed by atoms with Crippen LogP contribution in [0.3, 0.4) is 0 Å². The van der Waals surface area contributed by atoms with Gasteiger partial charge in [-0.3, -0.25) is 4.79 Å². The first kappa shape index (κ1) is 22.3. The van der Waals surface area contributed by atoms with Crippen LogP contribution in [0.1, 0.15) is 13.8 Å². The molecule has 0 bridgehead atoms. The first-order valence-corrected chi connectivity index (χ1v) is 10.5. The molecule has 0 aliphatic heterocycles. The number of rotatable bonds is 8. The van der Waals surface area contributed by atoms with Gasteiger partial charge < -0.3 is 14.8 Å². The molecule has 10 heteroatoms. The third-order valence-corrected chi connectivity index (χ3v) is 5.73. The molecule has 7 nitrogen and oxygen atoms in total. The summed E-state index contributed by atoms with van der Waals surface area (Å²) < 4.78 is 37.9. The molecule has 0 spiro atoms. The van der Waals surface area contributed by atoms with Crippen molar-refractivity contribution in [2.45, 2.75) is 24.8 Å². The Kier molecular flexibility index (Phi) is 7.54. The van der Waals surface area contributed by atoms with Crippen LogP contribution in [0.15, 0.2) is 41.3 Å². The van der Waals surface area contributed by atoms with Crippen LogP contribution in [-0.2, 0) is 14.8 Å². The highest BCUT2D eigenvalue weighted by Gasteiger charge is 2.23. The molecule has 2 N–H and O–H groups in total. The van der Waals surface area contributed by atoms with E-state index >= 15 is 0 Å². The number of nitrogens with one attached hydrogen (secondary N) is 2. The number of halogens is 2. The SMILES string of the molecule is CCOc1ccc(S(=O)(=O)N[C@H](C)C(=O)Nc2cc(Cl)ccc2OC)cc1Cl. The molecule has 0 saturated carbocycles. The Labute approximate surface area is 174 Å². The first-order valence-electron chi connectivity index (χ1n) is 8.27. The number of anilines is 1. The molecular weight excluding hydrogens is 427 g/mol. The highest BCUT2D eigenvalue weighted by molar-refractivity contribution is 7.89. The molecule has 28 heavy (non-hydrogen) atoms. The maximum absolute atomic E-state index is 12.6. The molecule has 0 aliphatic carbocycles. The summed E-state index contributed by atoms with van der Waals surface area (Å²) in [7, 11) is -2.54. The van der Waals surface area contributed by atoms with Crippen molar-refractivity contribution >= 4 is 44.8 Å². The summed E-state index contributed by atoms with van der Waals surface area (Å²) in [6, 6.07) is 7.71. The second kappa shape index (κ2) is 9.47. The lowest BCUT2D eigenvalue weighted by Gasteiger charge is -2.16. The van der Waals surface area contributed by atoms with Gasteiger partial charge in [-0.1, -0.05) is 23.2 Å². The molecule has 0 aliphatic rings. The van der Waals surface area contributed by atoms with Gasteiger partial charge in [0.25, 0.3) is 0 Å². The van der Waals surface area contributed by atoms with Crippen molar-refractivity contribution in [3.05, 3.63) is 46.4 Å². The van der Waals surface area contributed by atoms with Crippen LogP contribution in [0.5, 0.6) is 11.5 Å². The average molecular weight is 447 g/mol. The molecule has 0 fully saturated rings. The van der Waals surface area contributed by atoms with Gasteiger partial charge in [-0.15, -0.1) is 0 Å². The van der Waals surface area contributed by atoms with Gasteiger partial charge >= 0.3 is 0 Å². The molecule has 152 valence electrons. The summed E-state index contributed by atoms with van der Waals surface area (Å²) in [6.07, 6.45) is 0. The maximum Gasteiger partial charge on any atom is 0.242 e. The zero-order chi connectivity index (χ0) is 20.9. The predicted molar refractivity (Wildman–Crippen MR) is 109 cm³/mol. The van der Waals surface area contributed by atoms with Crippen LogP contribution in [0.25, 0.3) is 0 Å². The number of hydrogen-bond donors (Lipinski definition) is 2. The summed E-state index contributed by atoms with van der Waals surface area (Å²) in [5.74, 6) is 0.189. The van der Waals surface area contributed by atoms with Crippen molar-refractivity contribution in [2.75, 3.05) is 19.0 Å². The zero-order valence-electron chi connectivity index (χ0n) is 15.5. The lowest BCUT2D eigenvalue weighted by molar-refractivity contribution is -0.117. The number of carbonyl (C=O) groups is 1. The number of benzene rings is 2. The van der Waals surface area contributed by atoms with E-state index in [1.54, 1.807) is 19.1 Å². The van der Waals surface area contributed by atoms with Gasteiger partial charge in [0.15, 0.2) is 0 Å². The minimum Gasteiger partial charge on any atom is -0.495 e. The van der Waals surface area contributed by atoms with Gasteiger partial charge in [0.2, 0.25) is 15.9 Å². The van der Waals surface area contributed by atoms with Gasteiger partial charge in [0.05, 0.1) is 35.4 Å². The third kappa shape index (κ3) is 5.51. The van der Waals surface area contributed by atoms with Crippen LogP contribution in [0.2, 0.25) is 10.0 Å². The van der Waals surface area contributed by atoms with E-state index in [-0.39, 0.29) is 9.92 Å². The van der Waals surface area contributed by atoms with Crippen LogP contribution in [0, 0.1) is 0 Å². The Morgan fingerprint density at radius 1 is 1.14 bits per heavy atom. The fraction of sp³-hybridized carbons (Fsp3) is 0.278. The third-order valence-electron chi connectivity index (χ3n) is 3.66. The smallest absolute Gasteiger partial charge is 0.242 e. The largest absolute Gasteiger partial charge is 0.495 e. The summed E-state index contributed by atoms with van der Waals surface area (Å²) in [5, 5.41) is 3.15. The molecule has 1 amide bonds. The summed E-state index contributed by atoms with van der Waals surface area (Å²) in [4.78, 5) is 12.3. The van der Waals surface area contributed by atoms with Crippen molar-refractivity contribution in [3.8, 4) is 11.5 Å². The predicted octanol–water partition coefficient (Wildman–Crippen LogP) is 3.71. The molecule has 0 radical (unpaired) electrons. The molecule has 2 aromatic carbocycles. The highest BCUT2D eigenvalue weighted by Crippen LogP contribution is 2.29. The van der Waals surface area contributed by atoms with Crippen molar-refractivity contribution in [1.82, 2.24) is 4.72 Å². The highest BCUT2D eigenvalue weighted by atomic mass is 35.5. The quantitative estimate of drug-likeness (QED) is 0.644. The summed E-state index contributed by atoms with van der Waals surface area (Å²) in [5.41, 5.74) is 0.329. The van der Waals surface area contributed by atoms with E-state index in [4.69, 9.17) is 32.7 Å². The van der Waals surface area contributed by atoms with Gasteiger partial charge in [-0.05, 0) is 50.2 Å². The molecule has 2 rings (SSSR count). The van der Waals surface area contributed by atoms with Crippen LogP contribution < -0.4 is 19.5 Å². The van der Waals surface area contributed by atoms with E-state index in [0.29, 0.717) is 28.8 Å². The number of ether oxygens (including phenoxy) is 2. The second-order valence-electron chi connectivity index (χ2n) is 5.70. The Morgan fingerprint density at radius 2 is 1.82 bits per heavy atom. The van der Waals surface area contributed by atoms with Crippen molar-refractivity contribution in [3.63, 3.8) is 0 Å². The molecular formula is C18H20Cl2N2O5S. The average Bonchev–Trinajstić information content (AvgIpc) is 2.63. The lowest BCUT2D eigenvalue weighted by Crippen LogP contribution is -2.41. The first-order chi connectivity index (χ1) is 13.2. The van der Waals surface area contributed by atoms with Crippen LogP contribution >= 0.6 is 23.2 Å². The standard InChI is InChI=1S/C18H20Cl2N2O5S/c1-4-27-16-8-6-13(10-14(16)20)28(24,25)22-11(2)18(23)21-15-9-12(19)5-7-17(15)26-3/h5-11,22H,4H2,1-3H3,(H,21,23)/t11-/m1/s1. The van der Waals surface area contributed by atoms with Crippen LogP contribution in [0.4, 0.5) is 5.69 Å². The summed E-state index contributed by atoms with van der Waals surface area (Å²) >= 11 is 12.0. The van der Waals surface area contributed by atoms with E-state index in [1.165, 1.54) is 38.3 Å². The normalized spacial score (nSPS) is 12.3. The fourth-order valence-electron chi connectivity index (χ4n) is 2.29. The minimum absolute atomic E-state index is 0.0825. The molecule has 0 saturated heterocycles. The van der Waals surface area contributed by atoms with E-state index < -0.39 is 22.0 Å². The van der Waals surface area contributed by atoms with E-state index in [0.717, 1.165) is 0 Å². The Morgan fingerprint density at radius 3 is 2.43 bits per heavy atom. The Hall–Kier alpha value is -2.00. The molecule has 2 aromatic rings. The Balaban J connectivity index is 2.14. The van der Waals surface area contributed by atoms with Gasteiger partial charge in [-0.25, -0.2) is 8.42 Å². The monoisotopic (exact) mass is 446 g/mol. The number of methoxy groups -OCH3 is 1. The van der Waals surface area contributed by atoms with E-state index in [1.807, 2.05) is 0 Å². The van der Waals surface area contributed by atoms with E-state index in [9.17, 15) is 13.2 Å². The van der Waals surface area contributed by atoms with Gasteiger partial charge in [-0.2, -0.15) is 4.72 Å². The van der Waals surface area contributed by atoms with E-state index in [2.05, 4.69) is 10.0 Å².